The smallest absolute Gasteiger partial charge is 0.215 e. The van der Waals surface area contributed by atoms with Crippen LogP contribution in [-0.2, 0) is 10.0 Å². The van der Waals surface area contributed by atoms with Gasteiger partial charge in [0, 0.05) is 19.1 Å². The van der Waals surface area contributed by atoms with Gasteiger partial charge in [0.25, 0.3) is 0 Å². The van der Waals surface area contributed by atoms with Crippen LogP contribution < -0.4 is 5.32 Å². The van der Waals surface area contributed by atoms with E-state index in [1.807, 2.05) is 20.8 Å². The van der Waals surface area contributed by atoms with Crippen LogP contribution in [0.4, 0.5) is 0 Å². The van der Waals surface area contributed by atoms with Gasteiger partial charge < -0.3 is 5.32 Å². The number of hydrogen-bond donors (Lipinski definition) is 1. The number of sulfonamides is 1. The summed E-state index contributed by atoms with van der Waals surface area (Å²) in [5.74, 6) is 0.156. The zero-order chi connectivity index (χ0) is 11.4. The molecule has 0 rings (SSSR count). The maximum Gasteiger partial charge on any atom is 0.215 e. The minimum atomic E-state index is -3.12. The van der Waals surface area contributed by atoms with Crippen molar-refractivity contribution in [2.75, 3.05) is 26.4 Å². The highest BCUT2D eigenvalue weighted by atomic mass is 32.2. The molecule has 0 radical (unpaired) electrons. The van der Waals surface area contributed by atoms with Crippen molar-refractivity contribution >= 4 is 10.0 Å². The van der Waals surface area contributed by atoms with Crippen LogP contribution in [0.3, 0.4) is 0 Å². The lowest BCUT2D eigenvalue weighted by atomic mass is 10.0. The minimum absolute atomic E-state index is 0.156. The number of rotatable bonds is 6. The second-order valence-electron chi connectivity index (χ2n) is 4.05. The predicted octanol–water partition coefficient (Wildman–Crippen LogP) is 0.656. The van der Waals surface area contributed by atoms with Gasteiger partial charge in [-0.3, -0.25) is 0 Å². The molecule has 0 saturated carbocycles. The zero-order valence-electron chi connectivity index (χ0n) is 9.79. The van der Waals surface area contributed by atoms with Gasteiger partial charge >= 0.3 is 0 Å². The van der Waals surface area contributed by atoms with E-state index in [0.29, 0.717) is 6.54 Å². The van der Waals surface area contributed by atoms with E-state index in [1.54, 1.807) is 14.1 Å². The van der Waals surface area contributed by atoms with Crippen LogP contribution in [0.25, 0.3) is 0 Å². The molecule has 5 heteroatoms. The molecule has 4 nitrogen and oxygen atoms in total. The molecule has 0 amide bonds. The third kappa shape index (κ3) is 3.55. The fourth-order valence-electron chi connectivity index (χ4n) is 0.967. The first kappa shape index (κ1) is 13.9. The molecule has 0 aromatic carbocycles. The molecule has 0 unspecified atom stereocenters. The summed E-state index contributed by atoms with van der Waals surface area (Å²) >= 11 is 0. The molecular weight excluding hydrogens is 200 g/mol. The van der Waals surface area contributed by atoms with Crippen LogP contribution in [0, 0.1) is 0 Å². The molecule has 0 aliphatic heterocycles. The summed E-state index contributed by atoms with van der Waals surface area (Å²) in [6, 6.07) is 0. The Morgan fingerprint density at radius 3 is 2.21 bits per heavy atom. The highest BCUT2D eigenvalue weighted by molar-refractivity contribution is 7.89. The van der Waals surface area contributed by atoms with Gasteiger partial charge in [-0.25, -0.2) is 8.42 Å². The molecule has 14 heavy (non-hydrogen) atoms. The van der Waals surface area contributed by atoms with Gasteiger partial charge in [0.15, 0.2) is 0 Å². The average Bonchev–Trinajstić information content (AvgIpc) is 2.13. The van der Waals surface area contributed by atoms with E-state index >= 15 is 0 Å². The highest BCUT2D eigenvalue weighted by Crippen LogP contribution is 2.19. The van der Waals surface area contributed by atoms with E-state index in [0.717, 1.165) is 6.42 Å². The van der Waals surface area contributed by atoms with Crippen molar-refractivity contribution in [2.45, 2.75) is 32.7 Å². The summed E-state index contributed by atoms with van der Waals surface area (Å²) in [5.41, 5.74) is -0.299. The van der Waals surface area contributed by atoms with Crippen molar-refractivity contribution in [3.63, 3.8) is 0 Å². The normalized spacial score (nSPS) is 13.6. The Morgan fingerprint density at radius 2 is 1.86 bits per heavy atom. The summed E-state index contributed by atoms with van der Waals surface area (Å²) in [6.45, 7) is 6.35. The molecule has 0 spiro atoms. The lowest BCUT2D eigenvalue weighted by Gasteiger charge is -2.33. The topological polar surface area (TPSA) is 49.4 Å². The van der Waals surface area contributed by atoms with Gasteiger partial charge in [0.2, 0.25) is 10.0 Å². The van der Waals surface area contributed by atoms with Gasteiger partial charge in [-0.05, 0) is 27.3 Å². The Labute approximate surface area is 87.7 Å². The lowest BCUT2D eigenvalue weighted by molar-refractivity contribution is 0.257. The molecule has 0 bridgehead atoms. The van der Waals surface area contributed by atoms with Crippen molar-refractivity contribution in [1.82, 2.24) is 9.62 Å². The van der Waals surface area contributed by atoms with E-state index in [-0.39, 0.29) is 11.3 Å². The highest BCUT2D eigenvalue weighted by Gasteiger charge is 2.30. The summed E-state index contributed by atoms with van der Waals surface area (Å²) in [6.07, 6.45) is 0.808. The second kappa shape index (κ2) is 5.09. The van der Waals surface area contributed by atoms with E-state index in [2.05, 4.69) is 5.32 Å². The first-order chi connectivity index (χ1) is 6.28. The molecule has 86 valence electrons. The Balaban J connectivity index is 4.59. The van der Waals surface area contributed by atoms with E-state index in [1.165, 1.54) is 4.31 Å². The predicted molar refractivity (Wildman–Crippen MR) is 59.8 cm³/mol. The van der Waals surface area contributed by atoms with Crippen molar-refractivity contribution in [3.8, 4) is 0 Å². The standard InChI is InChI=1S/C9H22N2O2S/c1-6-9(2,3)11(5)14(12,13)8-7-10-4/h10H,6-8H2,1-5H3. The largest absolute Gasteiger partial charge is 0.319 e. The summed E-state index contributed by atoms with van der Waals surface area (Å²) in [4.78, 5) is 0. The van der Waals surface area contributed by atoms with Crippen molar-refractivity contribution in [2.24, 2.45) is 0 Å². The molecule has 0 heterocycles. The van der Waals surface area contributed by atoms with Crippen molar-refractivity contribution in [1.29, 1.82) is 0 Å². The van der Waals surface area contributed by atoms with Crippen LogP contribution in [0.15, 0.2) is 0 Å². The minimum Gasteiger partial charge on any atom is -0.319 e. The first-order valence-electron chi connectivity index (χ1n) is 4.89. The van der Waals surface area contributed by atoms with Crippen LogP contribution in [0.2, 0.25) is 0 Å². The Hall–Kier alpha value is -0.130. The lowest BCUT2D eigenvalue weighted by Crippen LogP contribution is -2.46. The van der Waals surface area contributed by atoms with Gasteiger partial charge in [-0.15, -0.1) is 0 Å². The first-order valence-corrected chi connectivity index (χ1v) is 6.50. The fourth-order valence-corrected chi connectivity index (χ4v) is 2.59. The molecule has 0 aliphatic rings. The monoisotopic (exact) mass is 222 g/mol. The third-order valence-corrected chi connectivity index (χ3v) is 4.79. The molecule has 0 fully saturated rings. The Kier molecular flexibility index (Phi) is 5.05. The summed E-state index contributed by atoms with van der Waals surface area (Å²) < 4.78 is 25.0. The van der Waals surface area contributed by atoms with Gasteiger partial charge in [0.05, 0.1) is 5.75 Å². The maximum absolute atomic E-state index is 11.8. The summed E-state index contributed by atoms with van der Waals surface area (Å²) in [7, 11) is 0.276. The quantitative estimate of drug-likeness (QED) is 0.718. The van der Waals surface area contributed by atoms with E-state index in [9.17, 15) is 8.42 Å². The maximum atomic E-state index is 11.8. The van der Waals surface area contributed by atoms with Crippen molar-refractivity contribution in [3.05, 3.63) is 0 Å². The van der Waals surface area contributed by atoms with E-state index < -0.39 is 10.0 Å². The molecule has 0 aromatic rings. The van der Waals surface area contributed by atoms with Crippen molar-refractivity contribution < 1.29 is 8.42 Å². The zero-order valence-corrected chi connectivity index (χ0v) is 10.6. The van der Waals surface area contributed by atoms with Crippen LogP contribution in [-0.4, -0.2) is 44.7 Å². The van der Waals surface area contributed by atoms with Crippen LogP contribution in [0.5, 0.6) is 0 Å². The SMILES string of the molecule is CCC(C)(C)N(C)S(=O)(=O)CCNC. The molecular formula is C9H22N2O2S. The second-order valence-corrected chi connectivity index (χ2v) is 6.17. The molecule has 0 saturated heterocycles. The average molecular weight is 222 g/mol. The summed E-state index contributed by atoms with van der Waals surface area (Å²) in [5, 5.41) is 2.84. The van der Waals surface area contributed by atoms with Gasteiger partial charge in [-0.1, -0.05) is 6.92 Å². The van der Waals surface area contributed by atoms with E-state index in [4.69, 9.17) is 0 Å². The van der Waals surface area contributed by atoms with Gasteiger partial charge in [0.1, 0.15) is 0 Å². The Bertz CT molecular complexity index is 260. The third-order valence-electron chi connectivity index (χ3n) is 2.74. The number of nitrogens with zero attached hydrogens (tertiary/aromatic N) is 1. The van der Waals surface area contributed by atoms with Crippen LogP contribution >= 0.6 is 0 Å². The molecule has 0 aliphatic carbocycles. The van der Waals surface area contributed by atoms with Crippen LogP contribution in [0.1, 0.15) is 27.2 Å². The van der Waals surface area contributed by atoms with Gasteiger partial charge in [-0.2, -0.15) is 4.31 Å². The molecule has 0 aromatic heterocycles. The molecule has 0 atom stereocenters. The Morgan fingerprint density at radius 1 is 1.36 bits per heavy atom. The molecule has 1 N–H and O–H groups in total. The fraction of sp³-hybridized carbons (Fsp3) is 1.00. The number of nitrogens with one attached hydrogen (secondary N) is 1. The number of hydrogen-bond acceptors (Lipinski definition) is 3.